The van der Waals surface area contributed by atoms with E-state index in [9.17, 15) is 25.9 Å². The number of aromatic amines is 1. The second kappa shape index (κ2) is 18.1. The molecule has 0 fully saturated rings. The van der Waals surface area contributed by atoms with Crippen LogP contribution in [-0.2, 0) is 26.7 Å². The Kier molecular flexibility index (Phi) is 16.0. The standard InChI is InChI=1S/C31H48N2O6S2.Na/c1-2-3-4-5-6-7-8-9-10-11-12-13-14-15-17-23-31(41(37,38)39)24-18-16-21-27(31)25-26-20-19-22-28-29(26)33-30(32-28)40(34,35)36;/h16,18-22,24,27H,2-15,17,23,25H2,1H3,(H,32,33)(H,34,35,36)(H,37,38,39);/q;+1/p-1. The number of fused-ring (bicyclic) bond motifs is 1. The molecule has 0 aliphatic heterocycles. The van der Waals surface area contributed by atoms with Crippen molar-refractivity contribution in [1.82, 2.24) is 9.97 Å². The van der Waals surface area contributed by atoms with Crippen LogP contribution in [0.1, 0.15) is 115 Å². The molecule has 0 saturated carbocycles. The van der Waals surface area contributed by atoms with Gasteiger partial charge in [-0.1, -0.05) is 140 Å². The first kappa shape index (κ1) is 37.2. The van der Waals surface area contributed by atoms with Crippen molar-refractivity contribution >= 4 is 31.3 Å². The minimum Gasteiger partial charge on any atom is -0.742 e. The third kappa shape index (κ3) is 10.9. The van der Waals surface area contributed by atoms with Gasteiger partial charge in [-0.25, -0.2) is 13.4 Å². The molecule has 0 saturated heterocycles. The number of allylic oxidation sites excluding steroid dienone is 3. The predicted octanol–water partition coefficient (Wildman–Crippen LogP) is 4.64. The van der Waals surface area contributed by atoms with E-state index in [1.165, 1.54) is 70.6 Å². The van der Waals surface area contributed by atoms with Crippen LogP contribution in [0, 0.1) is 5.92 Å². The van der Waals surface area contributed by atoms with Gasteiger partial charge in [-0.05, 0) is 24.5 Å². The largest absolute Gasteiger partial charge is 1.00 e. The second-order valence-electron chi connectivity index (χ2n) is 11.5. The molecule has 0 spiro atoms. The molecule has 1 aromatic heterocycles. The van der Waals surface area contributed by atoms with Gasteiger partial charge in [0.25, 0.3) is 10.1 Å². The minimum absolute atomic E-state index is 0. The summed E-state index contributed by atoms with van der Waals surface area (Å²) >= 11 is 0. The molecule has 8 nitrogen and oxygen atoms in total. The van der Waals surface area contributed by atoms with Crippen LogP contribution in [0.4, 0.5) is 0 Å². The molecular weight excluding hydrogens is 583 g/mol. The summed E-state index contributed by atoms with van der Waals surface area (Å²) in [5, 5.41) is -0.669. The van der Waals surface area contributed by atoms with Crippen molar-refractivity contribution in [3.05, 3.63) is 48.1 Å². The zero-order valence-corrected chi connectivity index (χ0v) is 29.0. The van der Waals surface area contributed by atoms with Gasteiger partial charge in [0.2, 0.25) is 5.16 Å². The fraction of sp³-hybridized carbons (Fsp3) is 0.645. The normalized spacial score (nSPS) is 18.9. The summed E-state index contributed by atoms with van der Waals surface area (Å²) in [7, 11) is -9.23. The number of hydrogen-bond donors (Lipinski definition) is 2. The molecular formula is C31H47N2NaO6S2. The zero-order chi connectivity index (χ0) is 29.8. The van der Waals surface area contributed by atoms with Crippen LogP contribution in [0.25, 0.3) is 11.0 Å². The number of hydrogen-bond acceptors (Lipinski definition) is 6. The Morgan fingerprint density at radius 3 is 1.93 bits per heavy atom. The zero-order valence-electron chi connectivity index (χ0n) is 25.4. The maximum absolute atomic E-state index is 12.8. The molecule has 0 bridgehead atoms. The molecule has 1 heterocycles. The van der Waals surface area contributed by atoms with Crippen LogP contribution in [0.5, 0.6) is 0 Å². The molecule has 11 heteroatoms. The average Bonchev–Trinajstić information content (AvgIpc) is 3.37. The van der Waals surface area contributed by atoms with Gasteiger partial charge < -0.3 is 9.54 Å². The van der Waals surface area contributed by atoms with E-state index < -0.39 is 36.1 Å². The fourth-order valence-corrected chi connectivity index (χ4v) is 7.62. The van der Waals surface area contributed by atoms with Crippen molar-refractivity contribution < 1.29 is 55.5 Å². The van der Waals surface area contributed by atoms with Crippen LogP contribution < -0.4 is 29.6 Å². The monoisotopic (exact) mass is 630 g/mol. The molecule has 2 unspecified atom stereocenters. The number of imidazole rings is 1. The van der Waals surface area contributed by atoms with Crippen molar-refractivity contribution in [2.75, 3.05) is 0 Å². The van der Waals surface area contributed by atoms with E-state index in [1.807, 2.05) is 0 Å². The first-order valence-electron chi connectivity index (χ1n) is 15.3. The third-order valence-electron chi connectivity index (χ3n) is 8.36. The number of nitrogens with zero attached hydrogens (tertiary/aromatic N) is 1. The van der Waals surface area contributed by atoms with Crippen LogP contribution >= 0.6 is 0 Å². The van der Waals surface area contributed by atoms with Crippen molar-refractivity contribution in [2.45, 2.75) is 126 Å². The van der Waals surface area contributed by atoms with E-state index >= 15 is 0 Å². The molecule has 2 aromatic rings. The molecule has 1 aliphatic rings. The first-order valence-corrected chi connectivity index (χ1v) is 18.2. The van der Waals surface area contributed by atoms with E-state index in [2.05, 4.69) is 16.9 Å². The molecule has 1 aromatic carbocycles. The molecule has 3 rings (SSSR count). The van der Waals surface area contributed by atoms with Crippen LogP contribution in [0.2, 0.25) is 0 Å². The van der Waals surface area contributed by atoms with Gasteiger partial charge in [-0.3, -0.25) is 4.55 Å². The van der Waals surface area contributed by atoms with Crippen molar-refractivity contribution in [3.63, 3.8) is 0 Å². The summed E-state index contributed by atoms with van der Waals surface area (Å²) in [5.74, 6) is -0.580. The summed E-state index contributed by atoms with van der Waals surface area (Å²) in [4.78, 5) is 6.53. The van der Waals surface area contributed by atoms with E-state index in [-0.39, 0.29) is 42.4 Å². The summed E-state index contributed by atoms with van der Waals surface area (Å²) in [6, 6.07) is 5.05. The molecule has 1 aliphatic carbocycles. The number of unbranched alkanes of at least 4 members (excludes halogenated alkanes) is 14. The Morgan fingerprint density at radius 1 is 0.857 bits per heavy atom. The first-order chi connectivity index (χ1) is 19.6. The van der Waals surface area contributed by atoms with E-state index in [0.29, 0.717) is 23.0 Å². The summed E-state index contributed by atoms with van der Waals surface area (Å²) in [5.41, 5.74) is 1.29. The Balaban J connectivity index is 0.00000616. The number of rotatable bonds is 20. The summed E-state index contributed by atoms with van der Waals surface area (Å²) < 4.78 is 69.0. The van der Waals surface area contributed by atoms with Crippen molar-refractivity contribution in [3.8, 4) is 0 Å². The topological polar surface area (TPSA) is 140 Å². The molecule has 2 atom stereocenters. The van der Waals surface area contributed by atoms with Gasteiger partial charge in [0.05, 0.1) is 11.0 Å². The summed E-state index contributed by atoms with van der Waals surface area (Å²) in [6.07, 6.45) is 25.4. The predicted molar refractivity (Wildman–Crippen MR) is 163 cm³/mol. The number of para-hydroxylation sites is 1. The Hall–Kier alpha value is -1.01. The number of aromatic nitrogens is 2. The van der Waals surface area contributed by atoms with Gasteiger partial charge in [-0.15, -0.1) is 0 Å². The van der Waals surface area contributed by atoms with E-state index in [4.69, 9.17) is 0 Å². The molecule has 0 amide bonds. The summed E-state index contributed by atoms with van der Waals surface area (Å²) in [6.45, 7) is 2.25. The quantitative estimate of drug-likeness (QED) is 0.123. The average molecular weight is 631 g/mol. The molecule has 0 radical (unpaired) electrons. The van der Waals surface area contributed by atoms with Crippen LogP contribution in [0.3, 0.4) is 0 Å². The van der Waals surface area contributed by atoms with Gasteiger partial charge in [0.15, 0.2) is 10.1 Å². The van der Waals surface area contributed by atoms with Crippen molar-refractivity contribution in [1.29, 1.82) is 0 Å². The SMILES string of the molecule is CCCCCCCCCCCCCCCCCC1(S(=O)(=O)O)C=CC=CC1Cc1cccc2[nH]c(S(=O)(=O)[O-])nc12.[Na+]. The minimum atomic E-state index is -4.77. The van der Waals surface area contributed by atoms with Crippen LogP contribution in [-0.4, -0.2) is 40.7 Å². The van der Waals surface area contributed by atoms with Gasteiger partial charge >= 0.3 is 29.6 Å². The number of nitrogens with one attached hydrogen (secondary N) is 1. The molecule has 230 valence electrons. The molecule has 42 heavy (non-hydrogen) atoms. The second-order valence-corrected chi connectivity index (χ2v) is 14.5. The van der Waals surface area contributed by atoms with Gasteiger partial charge in [-0.2, -0.15) is 8.42 Å². The maximum atomic E-state index is 12.8. The van der Waals surface area contributed by atoms with E-state index in [1.54, 1.807) is 42.5 Å². The number of H-pyrrole nitrogens is 1. The maximum Gasteiger partial charge on any atom is 1.00 e. The van der Waals surface area contributed by atoms with Crippen LogP contribution in [0.15, 0.2) is 47.7 Å². The Morgan fingerprint density at radius 2 is 1.40 bits per heavy atom. The molecule has 2 N–H and O–H groups in total. The number of benzene rings is 1. The fourth-order valence-electron chi connectivity index (χ4n) is 5.98. The van der Waals surface area contributed by atoms with Gasteiger partial charge in [0, 0.05) is 5.92 Å². The van der Waals surface area contributed by atoms with Gasteiger partial charge in [0.1, 0.15) is 4.75 Å². The van der Waals surface area contributed by atoms with E-state index in [0.717, 1.165) is 19.3 Å². The Labute approximate surface area is 275 Å². The third-order valence-corrected chi connectivity index (χ3v) is 10.6. The Bertz CT molecular complexity index is 1370. The smallest absolute Gasteiger partial charge is 0.742 e. The van der Waals surface area contributed by atoms with Crippen molar-refractivity contribution in [2.24, 2.45) is 5.92 Å².